The molecule has 0 radical (unpaired) electrons. The summed E-state index contributed by atoms with van der Waals surface area (Å²) in [5, 5.41) is 0.990. The Morgan fingerprint density at radius 1 is 1.24 bits per heavy atom. The molecule has 0 aliphatic heterocycles. The predicted octanol–water partition coefficient (Wildman–Crippen LogP) is 5.08. The van der Waals surface area contributed by atoms with Crippen LogP contribution in [0.3, 0.4) is 0 Å². The zero-order valence-electron chi connectivity index (χ0n) is 12.9. The average molecular weight is 328 g/mol. The largest absolute Gasteiger partial charge is 0.294 e. The molecule has 2 nitrogen and oxygen atoms in total. The minimum atomic E-state index is -0.165. The molecule has 1 atom stereocenters. The Morgan fingerprint density at radius 3 is 2.43 bits per heavy atom. The van der Waals surface area contributed by atoms with Crippen molar-refractivity contribution in [2.24, 2.45) is 5.92 Å². The first-order valence-corrected chi connectivity index (χ1v) is 8.37. The Bertz CT molecular complexity index is 510. The highest BCUT2D eigenvalue weighted by Gasteiger charge is 2.29. The molecule has 0 bridgehead atoms. The van der Waals surface area contributed by atoms with E-state index >= 15 is 0 Å². The first kappa shape index (κ1) is 16.8. The van der Waals surface area contributed by atoms with Gasteiger partial charge in [0.1, 0.15) is 0 Å². The molecule has 0 saturated heterocycles. The smallest absolute Gasteiger partial charge is 0.181 e. The number of Topliss-reactive ketones (excluding diaryl/α,β-unsaturated/α-hetero) is 1. The molecule has 4 heteroatoms. The molecule has 21 heavy (non-hydrogen) atoms. The lowest BCUT2D eigenvalue weighted by atomic mass is 9.86. The SMILES string of the molecule is CC1CCC(N(C)C(C)C(=O)c2ccc(Cl)cc2Cl)CC1. The van der Waals surface area contributed by atoms with Crippen molar-refractivity contribution in [3.63, 3.8) is 0 Å². The predicted molar refractivity (Wildman–Crippen MR) is 89.4 cm³/mol. The molecule has 1 aromatic carbocycles. The average Bonchev–Trinajstić information content (AvgIpc) is 2.46. The van der Waals surface area contributed by atoms with Crippen LogP contribution in [0.2, 0.25) is 10.0 Å². The first-order valence-electron chi connectivity index (χ1n) is 7.61. The second-order valence-electron chi connectivity index (χ2n) is 6.24. The van der Waals surface area contributed by atoms with Gasteiger partial charge in [-0.25, -0.2) is 0 Å². The number of benzene rings is 1. The number of ketones is 1. The van der Waals surface area contributed by atoms with Crippen molar-refractivity contribution < 1.29 is 4.79 Å². The number of hydrogen-bond donors (Lipinski definition) is 0. The van der Waals surface area contributed by atoms with Crippen LogP contribution in [0, 0.1) is 5.92 Å². The molecule has 0 N–H and O–H groups in total. The maximum Gasteiger partial charge on any atom is 0.181 e. The highest BCUT2D eigenvalue weighted by atomic mass is 35.5. The van der Waals surface area contributed by atoms with Gasteiger partial charge in [-0.1, -0.05) is 30.1 Å². The van der Waals surface area contributed by atoms with Crippen molar-refractivity contribution in [2.75, 3.05) is 7.05 Å². The van der Waals surface area contributed by atoms with Crippen molar-refractivity contribution in [3.8, 4) is 0 Å². The molecule has 0 spiro atoms. The molecule has 1 saturated carbocycles. The Balaban J connectivity index is 2.07. The van der Waals surface area contributed by atoms with Gasteiger partial charge in [-0.2, -0.15) is 0 Å². The van der Waals surface area contributed by atoms with Gasteiger partial charge >= 0.3 is 0 Å². The third-order valence-corrected chi connectivity index (χ3v) is 5.30. The number of nitrogens with zero attached hydrogens (tertiary/aromatic N) is 1. The van der Waals surface area contributed by atoms with Crippen molar-refractivity contribution in [3.05, 3.63) is 33.8 Å². The normalized spacial score (nSPS) is 24.1. The number of rotatable bonds is 4. The molecular formula is C17H23Cl2NO. The van der Waals surface area contributed by atoms with Gasteiger partial charge in [-0.3, -0.25) is 9.69 Å². The van der Waals surface area contributed by atoms with Crippen LogP contribution < -0.4 is 0 Å². The Hall–Kier alpha value is -0.570. The van der Waals surface area contributed by atoms with Crippen LogP contribution in [0.25, 0.3) is 0 Å². The number of hydrogen-bond acceptors (Lipinski definition) is 2. The fraction of sp³-hybridized carbons (Fsp3) is 0.588. The number of carbonyl (C=O) groups excluding carboxylic acids is 1. The lowest BCUT2D eigenvalue weighted by molar-refractivity contribution is 0.0759. The molecule has 0 aromatic heterocycles. The summed E-state index contributed by atoms with van der Waals surface area (Å²) >= 11 is 12.0. The summed E-state index contributed by atoms with van der Waals surface area (Å²) in [5.41, 5.74) is 0.560. The molecule has 1 aliphatic carbocycles. The van der Waals surface area contributed by atoms with E-state index in [2.05, 4.69) is 11.8 Å². The number of halogens is 2. The van der Waals surface area contributed by atoms with Crippen molar-refractivity contribution >= 4 is 29.0 Å². The molecular weight excluding hydrogens is 305 g/mol. The fourth-order valence-electron chi connectivity index (χ4n) is 3.07. The van der Waals surface area contributed by atoms with Gasteiger partial charge in [-0.05, 0) is 63.8 Å². The molecule has 2 rings (SSSR count). The molecule has 0 amide bonds. The second kappa shape index (κ2) is 7.13. The van der Waals surface area contributed by atoms with Gasteiger partial charge in [0.25, 0.3) is 0 Å². The molecule has 0 heterocycles. The maximum atomic E-state index is 12.7. The summed E-state index contributed by atoms with van der Waals surface area (Å²) in [6.45, 7) is 4.27. The summed E-state index contributed by atoms with van der Waals surface area (Å²) in [4.78, 5) is 14.9. The van der Waals surface area contributed by atoms with Crippen LogP contribution in [0.15, 0.2) is 18.2 Å². The van der Waals surface area contributed by atoms with E-state index in [9.17, 15) is 4.79 Å². The van der Waals surface area contributed by atoms with Crippen LogP contribution in [0.4, 0.5) is 0 Å². The highest BCUT2D eigenvalue weighted by molar-refractivity contribution is 6.37. The van der Waals surface area contributed by atoms with Crippen LogP contribution in [0.1, 0.15) is 49.9 Å². The highest BCUT2D eigenvalue weighted by Crippen LogP contribution is 2.29. The van der Waals surface area contributed by atoms with Crippen molar-refractivity contribution in [1.82, 2.24) is 4.90 Å². The molecule has 1 aromatic rings. The fourth-order valence-corrected chi connectivity index (χ4v) is 3.57. The lowest BCUT2D eigenvalue weighted by Gasteiger charge is -2.36. The Morgan fingerprint density at radius 2 is 1.86 bits per heavy atom. The summed E-state index contributed by atoms with van der Waals surface area (Å²) in [6, 6.07) is 5.40. The third-order valence-electron chi connectivity index (χ3n) is 4.75. The van der Waals surface area contributed by atoms with E-state index in [1.807, 2.05) is 14.0 Å². The Kier molecular flexibility index (Phi) is 5.70. The minimum absolute atomic E-state index is 0.0674. The third kappa shape index (κ3) is 4.00. The van der Waals surface area contributed by atoms with Gasteiger partial charge in [0, 0.05) is 16.6 Å². The summed E-state index contributed by atoms with van der Waals surface area (Å²) in [6.07, 6.45) is 4.84. The summed E-state index contributed by atoms with van der Waals surface area (Å²) < 4.78 is 0. The molecule has 1 fully saturated rings. The van der Waals surface area contributed by atoms with E-state index < -0.39 is 0 Å². The standard InChI is InChI=1S/C17H23Cl2NO/c1-11-4-7-14(8-5-11)20(3)12(2)17(21)15-9-6-13(18)10-16(15)19/h6,9-12,14H,4-5,7-8H2,1-3H3. The monoisotopic (exact) mass is 327 g/mol. The Labute approximate surface area is 137 Å². The lowest BCUT2D eigenvalue weighted by Crippen LogP contribution is -2.44. The van der Waals surface area contributed by atoms with Crippen LogP contribution in [0.5, 0.6) is 0 Å². The van der Waals surface area contributed by atoms with Gasteiger partial charge in [0.05, 0.1) is 11.1 Å². The van der Waals surface area contributed by atoms with Crippen molar-refractivity contribution in [2.45, 2.75) is 51.6 Å². The number of carbonyl (C=O) groups is 1. The minimum Gasteiger partial charge on any atom is -0.294 e. The van der Waals surface area contributed by atoms with Gasteiger partial charge < -0.3 is 0 Å². The van der Waals surface area contributed by atoms with E-state index in [4.69, 9.17) is 23.2 Å². The van der Waals surface area contributed by atoms with E-state index in [1.54, 1.807) is 18.2 Å². The van der Waals surface area contributed by atoms with Crippen molar-refractivity contribution in [1.29, 1.82) is 0 Å². The maximum absolute atomic E-state index is 12.7. The zero-order valence-corrected chi connectivity index (χ0v) is 14.4. The van der Waals surface area contributed by atoms with E-state index in [1.165, 1.54) is 25.7 Å². The summed E-state index contributed by atoms with van der Waals surface area (Å²) in [5.74, 6) is 0.879. The van der Waals surface area contributed by atoms with E-state index in [0.29, 0.717) is 21.7 Å². The van der Waals surface area contributed by atoms with Gasteiger partial charge in [0.2, 0.25) is 0 Å². The molecule has 116 valence electrons. The molecule has 1 aliphatic rings. The number of likely N-dealkylation sites (N-methyl/N-ethyl adjacent to an activating group) is 1. The van der Waals surface area contributed by atoms with Gasteiger partial charge in [-0.15, -0.1) is 0 Å². The topological polar surface area (TPSA) is 20.3 Å². The van der Waals surface area contributed by atoms with Crippen LogP contribution in [-0.4, -0.2) is 29.8 Å². The van der Waals surface area contributed by atoms with Crippen LogP contribution in [-0.2, 0) is 0 Å². The van der Waals surface area contributed by atoms with E-state index in [-0.39, 0.29) is 11.8 Å². The quantitative estimate of drug-likeness (QED) is 0.719. The summed E-state index contributed by atoms with van der Waals surface area (Å²) in [7, 11) is 2.05. The second-order valence-corrected chi connectivity index (χ2v) is 7.09. The first-order chi connectivity index (χ1) is 9.90. The molecule has 1 unspecified atom stereocenters. The van der Waals surface area contributed by atoms with E-state index in [0.717, 1.165) is 5.92 Å². The zero-order chi connectivity index (χ0) is 15.6. The van der Waals surface area contributed by atoms with Gasteiger partial charge in [0.15, 0.2) is 5.78 Å². The van der Waals surface area contributed by atoms with Crippen LogP contribution >= 0.6 is 23.2 Å².